The van der Waals surface area contributed by atoms with Gasteiger partial charge >= 0.3 is 0 Å². The molecule has 3 N–H and O–H groups in total. The maximum Gasteiger partial charge on any atom is 0.120 e. The van der Waals surface area contributed by atoms with Crippen LogP contribution in [-0.4, -0.2) is 21.9 Å². The predicted octanol–water partition coefficient (Wildman–Crippen LogP) is 5.08. The lowest BCUT2D eigenvalue weighted by atomic mass is 10.0. The van der Waals surface area contributed by atoms with Gasteiger partial charge in [-0.2, -0.15) is 0 Å². The third kappa shape index (κ3) is 4.53. The van der Waals surface area contributed by atoms with Crippen molar-refractivity contribution in [3.63, 3.8) is 0 Å². The summed E-state index contributed by atoms with van der Waals surface area (Å²) in [4.78, 5) is 8.23. The quantitative estimate of drug-likeness (QED) is 0.331. The summed E-state index contributed by atoms with van der Waals surface area (Å²) >= 11 is 13.8. The summed E-state index contributed by atoms with van der Waals surface area (Å²) in [7, 11) is 0. The number of nitrogens with two attached hydrogens (primary N) is 1. The van der Waals surface area contributed by atoms with E-state index in [1.165, 1.54) is 12.4 Å². The first kappa shape index (κ1) is 19.5. The molecule has 5 nitrogen and oxygen atoms in total. The molecule has 0 spiro atoms. The standard InChI is InChI=1S/C19H16Cl2N4OS/c1-27-18-5-2-11(7-25-18)19(23)13-6-12(3-4-17(13)22)26-10-14-15(20)8-24-9-16(14)21/h2-9,23H,10,22H2,1H3. The molecule has 0 aliphatic heterocycles. The number of nitrogens with zero attached hydrogens (tertiary/aromatic N) is 2. The van der Waals surface area contributed by atoms with Gasteiger partial charge in [0, 0.05) is 41.0 Å². The van der Waals surface area contributed by atoms with Gasteiger partial charge in [-0.3, -0.25) is 10.4 Å². The Morgan fingerprint density at radius 1 is 1.15 bits per heavy atom. The number of benzene rings is 1. The van der Waals surface area contributed by atoms with Gasteiger partial charge in [0.2, 0.25) is 0 Å². The van der Waals surface area contributed by atoms with Crippen molar-refractivity contribution in [3.05, 3.63) is 75.7 Å². The highest BCUT2D eigenvalue weighted by Gasteiger charge is 2.12. The molecule has 2 aromatic heterocycles. The van der Waals surface area contributed by atoms with Gasteiger partial charge in [-0.25, -0.2) is 4.98 Å². The van der Waals surface area contributed by atoms with E-state index in [1.54, 1.807) is 36.2 Å². The van der Waals surface area contributed by atoms with Gasteiger partial charge < -0.3 is 10.5 Å². The number of halogens is 2. The van der Waals surface area contributed by atoms with Crippen LogP contribution in [0.4, 0.5) is 5.69 Å². The molecule has 0 fully saturated rings. The van der Waals surface area contributed by atoms with Crippen molar-refractivity contribution < 1.29 is 4.74 Å². The fourth-order valence-corrected chi connectivity index (χ4v) is 3.21. The van der Waals surface area contributed by atoms with Crippen LogP contribution in [0.15, 0.2) is 53.9 Å². The second-order valence-electron chi connectivity index (χ2n) is 5.58. The summed E-state index contributed by atoms with van der Waals surface area (Å²) in [5.41, 5.74) is 8.73. The van der Waals surface area contributed by atoms with Crippen LogP contribution in [0.1, 0.15) is 16.7 Å². The maximum atomic E-state index is 8.47. The number of hydrogen-bond donors (Lipinski definition) is 2. The number of ether oxygens (including phenoxy) is 1. The van der Waals surface area contributed by atoms with Crippen LogP contribution < -0.4 is 10.5 Å². The summed E-state index contributed by atoms with van der Waals surface area (Å²) in [6.45, 7) is 0.181. The lowest BCUT2D eigenvalue weighted by molar-refractivity contribution is 0.306. The Labute approximate surface area is 171 Å². The molecule has 0 unspecified atom stereocenters. The number of aromatic nitrogens is 2. The number of nitrogens with one attached hydrogen (secondary N) is 1. The number of hydrogen-bond acceptors (Lipinski definition) is 6. The molecule has 0 bridgehead atoms. The molecule has 1 aromatic carbocycles. The average Bonchev–Trinajstić information content (AvgIpc) is 2.68. The molecule has 0 saturated heterocycles. The first-order valence-corrected chi connectivity index (χ1v) is 9.87. The van der Waals surface area contributed by atoms with Crippen molar-refractivity contribution in [1.29, 1.82) is 5.41 Å². The summed E-state index contributed by atoms with van der Waals surface area (Å²) < 4.78 is 5.80. The van der Waals surface area contributed by atoms with E-state index in [2.05, 4.69) is 9.97 Å². The molecule has 0 atom stereocenters. The van der Waals surface area contributed by atoms with Crippen LogP contribution in [0, 0.1) is 5.41 Å². The smallest absolute Gasteiger partial charge is 0.120 e. The zero-order chi connectivity index (χ0) is 19.4. The summed E-state index contributed by atoms with van der Waals surface area (Å²) in [6, 6.07) is 8.90. The zero-order valence-electron chi connectivity index (χ0n) is 14.4. The van der Waals surface area contributed by atoms with E-state index < -0.39 is 0 Å². The van der Waals surface area contributed by atoms with Crippen molar-refractivity contribution >= 4 is 46.4 Å². The monoisotopic (exact) mass is 418 g/mol. The lowest BCUT2D eigenvalue weighted by Gasteiger charge is -2.13. The second-order valence-corrected chi connectivity index (χ2v) is 7.22. The van der Waals surface area contributed by atoms with E-state index in [9.17, 15) is 0 Å². The molecular formula is C19H16Cl2N4OS. The van der Waals surface area contributed by atoms with Crippen LogP contribution in [0.25, 0.3) is 0 Å². The maximum absolute atomic E-state index is 8.47. The molecule has 2 heterocycles. The van der Waals surface area contributed by atoms with Gasteiger partial charge in [-0.1, -0.05) is 23.2 Å². The van der Waals surface area contributed by atoms with Crippen molar-refractivity contribution in [3.8, 4) is 5.75 Å². The molecular weight excluding hydrogens is 403 g/mol. The number of anilines is 1. The fourth-order valence-electron chi connectivity index (χ4n) is 2.38. The molecule has 138 valence electrons. The third-order valence-electron chi connectivity index (χ3n) is 3.86. The van der Waals surface area contributed by atoms with Crippen LogP contribution in [0.3, 0.4) is 0 Å². The van der Waals surface area contributed by atoms with Gasteiger partial charge in [0.25, 0.3) is 0 Å². The van der Waals surface area contributed by atoms with Crippen LogP contribution in [0.5, 0.6) is 5.75 Å². The molecule has 27 heavy (non-hydrogen) atoms. The summed E-state index contributed by atoms with van der Waals surface area (Å²) in [6.07, 6.45) is 6.65. The summed E-state index contributed by atoms with van der Waals surface area (Å²) in [5, 5.41) is 10.2. The van der Waals surface area contributed by atoms with Gasteiger partial charge in [0.1, 0.15) is 12.4 Å². The first-order chi connectivity index (χ1) is 13.0. The Kier molecular flexibility index (Phi) is 6.21. The normalized spacial score (nSPS) is 10.6. The topological polar surface area (TPSA) is 84.9 Å². The van der Waals surface area contributed by atoms with Crippen LogP contribution >= 0.6 is 35.0 Å². The number of rotatable bonds is 6. The van der Waals surface area contributed by atoms with E-state index >= 15 is 0 Å². The van der Waals surface area contributed by atoms with Crippen molar-refractivity contribution in [1.82, 2.24) is 9.97 Å². The molecule has 0 radical (unpaired) electrons. The van der Waals surface area contributed by atoms with Crippen molar-refractivity contribution in [2.45, 2.75) is 11.6 Å². The van der Waals surface area contributed by atoms with Crippen LogP contribution in [0.2, 0.25) is 10.0 Å². The molecule has 3 aromatic rings. The minimum Gasteiger partial charge on any atom is -0.489 e. The average molecular weight is 419 g/mol. The molecule has 0 amide bonds. The van der Waals surface area contributed by atoms with E-state index in [0.717, 1.165) is 5.03 Å². The molecule has 0 aliphatic rings. The number of thioether (sulfide) groups is 1. The third-order valence-corrected chi connectivity index (χ3v) is 5.17. The first-order valence-electron chi connectivity index (χ1n) is 7.89. The van der Waals surface area contributed by atoms with E-state index in [-0.39, 0.29) is 12.3 Å². The number of pyridine rings is 2. The van der Waals surface area contributed by atoms with E-state index in [0.29, 0.717) is 38.2 Å². The van der Waals surface area contributed by atoms with Crippen molar-refractivity contribution in [2.75, 3.05) is 12.0 Å². The Morgan fingerprint density at radius 3 is 2.52 bits per heavy atom. The molecule has 3 rings (SSSR count). The Balaban J connectivity index is 1.82. The Hall–Kier alpha value is -2.28. The van der Waals surface area contributed by atoms with Gasteiger partial charge in [-0.05, 0) is 36.6 Å². The Morgan fingerprint density at radius 2 is 1.89 bits per heavy atom. The van der Waals surface area contributed by atoms with E-state index in [4.69, 9.17) is 39.1 Å². The number of nitrogen functional groups attached to an aromatic ring is 1. The van der Waals surface area contributed by atoms with Gasteiger partial charge in [0.05, 0.1) is 20.8 Å². The van der Waals surface area contributed by atoms with Gasteiger partial charge in [0.15, 0.2) is 0 Å². The highest BCUT2D eigenvalue weighted by Crippen LogP contribution is 2.27. The largest absolute Gasteiger partial charge is 0.489 e. The lowest BCUT2D eigenvalue weighted by Crippen LogP contribution is -2.07. The van der Waals surface area contributed by atoms with Crippen molar-refractivity contribution in [2.24, 2.45) is 0 Å². The molecule has 8 heteroatoms. The van der Waals surface area contributed by atoms with Gasteiger partial charge in [-0.15, -0.1) is 11.8 Å². The highest BCUT2D eigenvalue weighted by molar-refractivity contribution is 7.98. The zero-order valence-corrected chi connectivity index (χ0v) is 16.7. The highest BCUT2D eigenvalue weighted by atomic mass is 35.5. The minimum atomic E-state index is 0.181. The second kappa shape index (κ2) is 8.61. The van der Waals surface area contributed by atoms with Crippen LogP contribution in [-0.2, 0) is 6.61 Å². The van der Waals surface area contributed by atoms with E-state index in [1.807, 2.05) is 18.4 Å². The SMILES string of the molecule is CSc1ccc(C(=N)c2cc(OCc3c(Cl)cncc3Cl)ccc2N)cn1. The Bertz CT molecular complexity index is 960. The predicted molar refractivity (Wildman–Crippen MR) is 111 cm³/mol. The minimum absolute atomic E-state index is 0.181. The molecule has 0 saturated carbocycles. The molecule has 0 aliphatic carbocycles. The fraction of sp³-hybridized carbons (Fsp3) is 0.105. The summed E-state index contributed by atoms with van der Waals surface area (Å²) in [5.74, 6) is 0.557.